The number of rotatable bonds is 1. The lowest BCUT2D eigenvalue weighted by molar-refractivity contribution is -0.138. The molecule has 8 heavy (non-hydrogen) atoms. The Bertz CT molecular complexity index is 158. The third-order valence-corrected chi connectivity index (χ3v) is 1.27. The van der Waals surface area contributed by atoms with E-state index >= 15 is 0 Å². The summed E-state index contributed by atoms with van der Waals surface area (Å²) in [6.45, 7) is 0. The highest BCUT2D eigenvalue weighted by Crippen LogP contribution is 2.37. The average Bonchev–Trinajstić information content (AvgIpc) is 2.42. The van der Waals surface area contributed by atoms with Gasteiger partial charge in [0.15, 0.2) is 0 Å². The second-order valence-electron chi connectivity index (χ2n) is 1.92. The molecule has 1 saturated carbocycles. The average molecular weight is 111 g/mol. The van der Waals surface area contributed by atoms with Crippen molar-refractivity contribution in [3.05, 3.63) is 0 Å². The monoisotopic (exact) mass is 111 g/mol. The topological polar surface area (TPSA) is 61.1 Å². The summed E-state index contributed by atoms with van der Waals surface area (Å²) in [4.78, 5) is 9.98. The Kier molecular flexibility index (Phi) is 0.943. The van der Waals surface area contributed by atoms with E-state index in [4.69, 9.17) is 10.4 Å². The van der Waals surface area contributed by atoms with Crippen molar-refractivity contribution in [2.75, 3.05) is 0 Å². The fourth-order valence-electron chi connectivity index (χ4n) is 0.611. The summed E-state index contributed by atoms with van der Waals surface area (Å²) in [5.74, 6) is -1.40. The molecule has 1 unspecified atom stereocenters. The third kappa shape index (κ3) is 0.648. The molecular weight excluding hydrogens is 106 g/mol. The van der Waals surface area contributed by atoms with E-state index in [1.54, 1.807) is 0 Å². The molecule has 0 heterocycles. The molecule has 0 spiro atoms. The van der Waals surface area contributed by atoms with Crippen LogP contribution in [-0.4, -0.2) is 11.1 Å². The van der Waals surface area contributed by atoms with E-state index in [1.165, 1.54) is 0 Å². The van der Waals surface area contributed by atoms with Gasteiger partial charge in [0.2, 0.25) is 0 Å². The molecule has 42 valence electrons. The maximum Gasteiger partial charge on any atom is 0.307 e. The first-order valence-electron chi connectivity index (χ1n) is 2.38. The van der Waals surface area contributed by atoms with Crippen molar-refractivity contribution in [3.8, 4) is 6.07 Å². The number of hydrogen-bond acceptors (Lipinski definition) is 2. The zero-order valence-electron chi connectivity index (χ0n) is 4.16. The van der Waals surface area contributed by atoms with Gasteiger partial charge >= 0.3 is 5.97 Å². The molecule has 0 saturated heterocycles. The third-order valence-electron chi connectivity index (χ3n) is 1.27. The van der Waals surface area contributed by atoms with E-state index in [2.05, 4.69) is 0 Å². The molecule has 2 atom stereocenters. The Balaban J connectivity index is 2.40. The molecule has 0 bridgehead atoms. The number of nitriles is 1. The largest absolute Gasteiger partial charge is 0.481 e. The van der Waals surface area contributed by atoms with Crippen LogP contribution in [0.2, 0.25) is 0 Å². The molecule has 1 aliphatic rings. The molecular formula is C5H5NO2. The van der Waals surface area contributed by atoms with Crippen LogP contribution < -0.4 is 0 Å². The molecule has 1 N–H and O–H groups in total. The standard InChI is InChI=1S/C5H5NO2/c6-2-3-1-4(3)5(7)8/h3-4H,1H2,(H,7,8)/t3?,4-/m1/s1. The van der Waals surface area contributed by atoms with E-state index in [1.807, 2.05) is 6.07 Å². The Hall–Kier alpha value is -1.04. The quantitative estimate of drug-likeness (QED) is 0.526. The van der Waals surface area contributed by atoms with Crippen molar-refractivity contribution >= 4 is 5.97 Å². The zero-order chi connectivity index (χ0) is 6.15. The van der Waals surface area contributed by atoms with Crippen LogP contribution in [0.5, 0.6) is 0 Å². The molecule has 1 aliphatic carbocycles. The van der Waals surface area contributed by atoms with Crippen molar-refractivity contribution in [1.82, 2.24) is 0 Å². The van der Waals surface area contributed by atoms with E-state index in [0.29, 0.717) is 6.42 Å². The Labute approximate surface area is 46.5 Å². The molecule has 1 rings (SSSR count). The SMILES string of the molecule is N#CC1C[C@H]1C(=O)O. The lowest BCUT2D eigenvalue weighted by Crippen LogP contribution is -1.97. The van der Waals surface area contributed by atoms with Gasteiger partial charge in [-0.2, -0.15) is 5.26 Å². The molecule has 0 aliphatic heterocycles. The van der Waals surface area contributed by atoms with Crippen LogP contribution in [-0.2, 0) is 4.79 Å². The van der Waals surface area contributed by atoms with Crippen LogP contribution in [0.15, 0.2) is 0 Å². The minimum absolute atomic E-state index is 0.201. The molecule has 1 fully saturated rings. The minimum atomic E-state index is -0.837. The maximum absolute atomic E-state index is 9.98. The number of aliphatic carboxylic acids is 1. The highest BCUT2D eigenvalue weighted by Gasteiger charge is 2.43. The lowest BCUT2D eigenvalue weighted by Gasteiger charge is -1.78. The van der Waals surface area contributed by atoms with E-state index < -0.39 is 5.97 Å². The summed E-state index contributed by atoms with van der Waals surface area (Å²) in [6, 6.07) is 1.89. The number of hydrogen-bond donors (Lipinski definition) is 1. The molecule has 0 radical (unpaired) electrons. The summed E-state index contributed by atoms with van der Waals surface area (Å²) in [5, 5.41) is 16.3. The first-order valence-corrected chi connectivity index (χ1v) is 2.38. The molecule has 0 amide bonds. The minimum Gasteiger partial charge on any atom is -0.481 e. The van der Waals surface area contributed by atoms with Crippen molar-refractivity contribution in [1.29, 1.82) is 5.26 Å². The predicted octanol–water partition coefficient (Wildman–Crippen LogP) is 0.231. The van der Waals surface area contributed by atoms with Gasteiger partial charge in [-0.05, 0) is 6.42 Å². The van der Waals surface area contributed by atoms with Crippen molar-refractivity contribution in [2.45, 2.75) is 6.42 Å². The number of carboxylic acid groups (broad SMARTS) is 1. The van der Waals surface area contributed by atoms with Gasteiger partial charge in [0.1, 0.15) is 0 Å². The smallest absolute Gasteiger partial charge is 0.307 e. The van der Waals surface area contributed by atoms with E-state index in [-0.39, 0.29) is 11.8 Å². The molecule has 0 aromatic heterocycles. The van der Waals surface area contributed by atoms with Crippen LogP contribution >= 0.6 is 0 Å². The van der Waals surface area contributed by atoms with E-state index in [0.717, 1.165) is 0 Å². The molecule has 3 heteroatoms. The van der Waals surface area contributed by atoms with Gasteiger partial charge in [-0.3, -0.25) is 4.79 Å². The Morgan fingerprint density at radius 1 is 1.88 bits per heavy atom. The fraction of sp³-hybridized carbons (Fsp3) is 0.600. The first kappa shape index (κ1) is 5.10. The summed E-state index contributed by atoms with van der Waals surface area (Å²) >= 11 is 0. The molecule has 0 aromatic carbocycles. The lowest BCUT2D eigenvalue weighted by atomic mass is 10.3. The highest BCUT2D eigenvalue weighted by molar-refractivity contribution is 5.74. The Morgan fingerprint density at radius 3 is 2.62 bits per heavy atom. The second kappa shape index (κ2) is 1.48. The van der Waals surface area contributed by atoms with Crippen LogP contribution in [0.25, 0.3) is 0 Å². The van der Waals surface area contributed by atoms with Gasteiger partial charge in [0.05, 0.1) is 17.9 Å². The van der Waals surface area contributed by atoms with Crippen LogP contribution in [0.4, 0.5) is 0 Å². The predicted molar refractivity (Wildman–Crippen MR) is 24.8 cm³/mol. The van der Waals surface area contributed by atoms with E-state index in [9.17, 15) is 4.79 Å². The van der Waals surface area contributed by atoms with Gasteiger partial charge in [-0.1, -0.05) is 0 Å². The van der Waals surface area contributed by atoms with Crippen LogP contribution in [0.3, 0.4) is 0 Å². The summed E-state index contributed by atoms with van der Waals surface area (Å²) < 4.78 is 0. The van der Waals surface area contributed by atoms with Gasteiger partial charge in [0, 0.05) is 0 Å². The van der Waals surface area contributed by atoms with Crippen molar-refractivity contribution < 1.29 is 9.90 Å². The Morgan fingerprint density at radius 2 is 2.50 bits per heavy atom. The normalized spacial score (nSPS) is 33.4. The van der Waals surface area contributed by atoms with Gasteiger partial charge in [0.25, 0.3) is 0 Å². The van der Waals surface area contributed by atoms with Gasteiger partial charge in [-0.25, -0.2) is 0 Å². The number of nitrogens with zero attached hydrogens (tertiary/aromatic N) is 1. The summed E-state index contributed by atoms with van der Waals surface area (Å²) in [7, 11) is 0. The summed E-state index contributed by atoms with van der Waals surface area (Å²) in [5.41, 5.74) is 0. The number of carbonyl (C=O) groups is 1. The molecule has 0 aromatic rings. The second-order valence-corrected chi connectivity index (χ2v) is 1.92. The molecule has 3 nitrogen and oxygen atoms in total. The zero-order valence-corrected chi connectivity index (χ0v) is 4.16. The summed E-state index contributed by atoms with van der Waals surface area (Å²) in [6.07, 6.45) is 0.547. The maximum atomic E-state index is 9.98. The van der Waals surface area contributed by atoms with Crippen molar-refractivity contribution in [3.63, 3.8) is 0 Å². The first-order chi connectivity index (χ1) is 3.75. The van der Waals surface area contributed by atoms with Crippen molar-refractivity contribution in [2.24, 2.45) is 11.8 Å². The van der Waals surface area contributed by atoms with Gasteiger partial charge < -0.3 is 5.11 Å². The highest BCUT2D eigenvalue weighted by atomic mass is 16.4. The van der Waals surface area contributed by atoms with Crippen LogP contribution in [0, 0.1) is 23.2 Å². The number of carboxylic acids is 1. The van der Waals surface area contributed by atoms with Crippen LogP contribution in [0.1, 0.15) is 6.42 Å². The van der Waals surface area contributed by atoms with Gasteiger partial charge in [-0.15, -0.1) is 0 Å². The fourth-order valence-corrected chi connectivity index (χ4v) is 0.611.